The molecule has 0 amide bonds. The van der Waals surface area contributed by atoms with Gasteiger partial charge in [0.15, 0.2) is 18.2 Å². The van der Waals surface area contributed by atoms with E-state index in [1.165, 1.54) is 13.8 Å². The third-order valence-electron chi connectivity index (χ3n) is 3.91. The summed E-state index contributed by atoms with van der Waals surface area (Å²) in [5.41, 5.74) is 1.80. The van der Waals surface area contributed by atoms with Gasteiger partial charge in [-0.3, -0.25) is 9.59 Å². The molecule has 1 heterocycles. The van der Waals surface area contributed by atoms with Crippen molar-refractivity contribution in [2.75, 3.05) is 13.2 Å². The zero-order chi connectivity index (χ0) is 20.0. The van der Waals surface area contributed by atoms with Crippen molar-refractivity contribution in [1.29, 1.82) is 0 Å². The van der Waals surface area contributed by atoms with Gasteiger partial charge >= 0.3 is 5.97 Å². The summed E-state index contributed by atoms with van der Waals surface area (Å²) in [5.74, 6) is -0.820. The van der Waals surface area contributed by atoms with E-state index in [-0.39, 0.29) is 41.7 Å². The van der Waals surface area contributed by atoms with Crippen LogP contribution in [0.25, 0.3) is 0 Å². The topological polar surface area (TPSA) is 116 Å². The summed E-state index contributed by atoms with van der Waals surface area (Å²) in [6.45, 7) is 4.46. The fourth-order valence-corrected chi connectivity index (χ4v) is 3.80. The molecule has 0 spiro atoms. The predicted octanol–water partition coefficient (Wildman–Crippen LogP) is 1.95. The monoisotopic (exact) mass is 394 g/mol. The number of nitrogens with zero attached hydrogens (tertiary/aromatic N) is 1. The van der Waals surface area contributed by atoms with Crippen LogP contribution < -0.4 is 4.72 Å². The highest BCUT2D eigenvalue weighted by molar-refractivity contribution is 7.89. The number of aryl methyl sites for hydroxylation is 3. The third kappa shape index (κ3) is 5.48. The van der Waals surface area contributed by atoms with E-state index in [1.54, 1.807) is 12.1 Å². The standard InChI is InChI=1S/C18H22N2O6S/c1-4-14-5-7-15(8-6-14)16(21)11-25-17(22)9-10-19-27(23,24)18-12(2)20-26-13(18)3/h5-8,19H,4,9-11H2,1-3H3. The maximum absolute atomic E-state index is 12.2. The van der Waals surface area contributed by atoms with Crippen LogP contribution in [0.15, 0.2) is 33.7 Å². The minimum absolute atomic E-state index is 0.0402. The molecular weight excluding hydrogens is 372 g/mol. The number of nitrogens with one attached hydrogen (secondary N) is 1. The zero-order valence-electron chi connectivity index (χ0n) is 15.4. The van der Waals surface area contributed by atoms with Gasteiger partial charge in [-0.25, -0.2) is 13.1 Å². The number of Topliss-reactive ketones (excluding diaryl/α,β-unsaturated/α-hetero) is 1. The fourth-order valence-electron chi connectivity index (χ4n) is 2.45. The average Bonchev–Trinajstić information content (AvgIpc) is 2.98. The lowest BCUT2D eigenvalue weighted by Crippen LogP contribution is -2.28. The van der Waals surface area contributed by atoms with Crippen LogP contribution in [0, 0.1) is 13.8 Å². The van der Waals surface area contributed by atoms with Gasteiger partial charge in [0.05, 0.1) is 6.42 Å². The summed E-state index contributed by atoms with van der Waals surface area (Å²) in [6.07, 6.45) is 0.665. The molecule has 0 saturated heterocycles. The van der Waals surface area contributed by atoms with Gasteiger partial charge in [0.2, 0.25) is 10.0 Å². The van der Waals surface area contributed by atoms with Crippen LogP contribution >= 0.6 is 0 Å². The quantitative estimate of drug-likeness (QED) is 0.510. The number of hydrogen-bond donors (Lipinski definition) is 1. The second-order valence-corrected chi connectivity index (χ2v) is 7.64. The molecular formula is C18H22N2O6S. The number of rotatable bonds is 9. The number of aromatic nitrogens is 1. The lowest BCUT2D eigenvalue weighted by atomic mass is 10.1. The Hall–Kier alpha value is -2.52. The second kappa shape index (κ2) is 8.92. The molecule has 1 aromatic heterocycles. The van der Waals surface area contributed by atoms with Crippen LogP contribution in [-0.4, -0.2) is 38.5 Å². The number of carbonyl (C=O) groups excluding carboxylic acids is 2. The maximum atomic E-state index is 12.2. The molecule has 0 aliphatic rings. The number of sulfonamides is 1. The van der Waals surface area contributed by atoms with E-state index < -0.39 is 16.0 Å². The first-order valence-electron chi connectivity index (χ1n) is 8.45. The summed E-state index contributed by atoms with van der Waals surface area (Å²) in [4.78, 5) is 23.7. The molecule has 1 aromatic carbocycles. The number of carbonyl (C=O) groups is 2. The Bertz CT molecular complexity index is 896. The summed E-state index contributed by atoms with van der Waals surface area (Å²) in [5, 5.41) is 3.59. The van der Waals surface area contributed by atoms with E-state index in [4.69, 9.17) is 9.26 Å². The van der Waals surface area contributed by atoms with Gasteiger partial charge in [-0.05, 0) is 25.8 Å². The lowest BCUT2D eigenvalue weighted by Gasteiger charge is -2.07. The number of ketones is 1. The van der Waals surface area contributed by atoms with Crippen molar-refractivity contribution in [3.63, 3.8) is 0 Å². The van der Waals surface area contributed by atoms with E-state index in [9.17, 15) is 18.0 Å². The number of ether oxygens (including phenoxy) is 1. The Morgan fingerprint density at radius 3 is 2.41 bits per heavy atom. The summed E-state index contributed by atoms with van der Waals surface area (Å²) in [7, 11) is -3.84. The molecule has 0 atom stereocenters. The lowest BCUT2D eigenvalue weighted by molar-refractivity contribution is -0.142. The molecule has 0 aliphatic heterocycles. The normalized spacial score (nSPS) is 11.4. The molecule has 0 radical (unpaired) electrons. The molecule has 0 fully saturated rings. The summed E-state index contributed by atoms with van der Waals surface area (Å²) in [6, 6.07) is 7.07. The van der Waals surface area contributed by atoms with E-state index >= 15 is 0 Å². The molecule has 2 aromatic rings. The van der Waals surface area contributed by atoms with Crippen molar-refractivity contribution in [3.8, 4) is 0 Å². The van der Waals surface area contributed by atoms with Crippen LogP contribution in [0.4, 0.5) is 0 Å². The highest BCUT2D eigenvalue weighted by atomic mass is 32.2. The van der Waals surface area contributed by atoms with Crippen LogP contribution in [-0.2, 0) is 26.0 Å². The Labute approximate surface area is 157 Å². The van der Waals surface area contributed by atoms with Crippen LogP contribution in [0.5, 0.6) is 0 Å². The number of benzene rings is 1. The highest BCUT2D eigenvalue weighted by Crippen LogP contribution is 2.18. The first-order valence-corrected chi connectivity index (χ1v) is 9.93. The van der Waals surface area contributed by atoms with Crippen LogP contribution in [0.3, 0.4) is 0 Å². The predicted molar refractivity (Wildman–Crippen MR) is 96.9 cm³/mol. The molecule has 0 aliphatic carbocycles. The van der Waals surface area contributed by atoms with Gasteiger partial charge in [-0.2, -0.15) is 0 Å². The SMILES string of the molecule is CCc1ccc(C(=O)COC(=O)CCNS(=O)(=O)c2c(C)noc2C)cc1. The minimum atomic E-state index is -3.84. The van der Waals surface area contributed by atoms with Crippen LogP contribution in [0.1, 0.15) is 40.7 Å². The van der Waals surface area contributed by atoms with E-state index in [1.807, 2.05) is 19.1 Å². The van der Waals surface area contributed by atoms with Gasteiger partial charge in [-0.1, -0.05) is 36.3 Å². The molecule has 146 valence electrons. The Morgan fingerprint density at radius 1 is 1.19 bits per heavy atom. The molecule has 0 saturated carbocycles. The zero-order valence-corrected chi connectivity index (χ0v) is 16.3. The molecule has 9 heteroatoms. The van der Waals surface area contributed by atoms with Crippen molar-refractivity contribution in [1.82, 2.24) is 9.88 Å². The average molecular weight is 394 g/mol. The molecule has 27 heavy (non-hydrogen) atoms. The van der Waals surface area contributed by atoms with Crippen molar-refractivity contribution < 1.29 is 27.3 Å². The third-order valence-corrected chi connectivity index (χ3v) is 5.61. The first-order chi connectivity index (χ1) is 12.7. The fraction of sp³-hybridized carbons (Fsp3) is 0.389. The molecule has 0 unspecified atom stereocenters. The van der Waals surface area contributed by atoms with E-state index in [0.29, 0.717) is 5.56 Å². The first kappa shape index (κ1) is 20.8. The Morgan fingerprint density at radius 2 is 1.85 bits per heavy atom. The van der Waals surface area contributed by atoms with E-state index in [2.05, 4.69) is 9.88 Å². The van der Waals surface area contributed by atoms with Crippen molar-refractivity contribution in [3.05, 3.63) is 46.8 Å². The smallest absolute Gasteiger partial charge is 0.307 e. The summed E-state index contributed by atoms with van der Waals surface area (Å²) >= 11 is 0. The molecule has 0 bridgehead atoms. The van der Waals surface area contributed by atoms with Gasteiger partial charge in [0, 0.05) is 12.1 Å². The Kier molecular flexibility index (Phi) is 6.86. The molecule has 2 rings (SSSR count). The van der Waals surface area contributed by atoms with Crippen molar-refractivity contribution in [2.45, 2.75) is 38.5 Å². The highest BCUT2D eigenvalue weighted by Gasteiger charge is 2.24. The number of hydrogen-bond acceptors (Lipinski definition) is 7. The van der Waals surface area contributed by atoms with E-state index in [0.717, 1.165) is 12.0 Å². The van der Waals surface area contributed by atoms with Gasteiger partial charge in [0.1, 0.15) is 10.6 Å². The van der Waals surface area contributed by atoms with Gasteiger partial charge in [-0.15, -0.1) is 0 Å². The second-order valence-electron chi connectivity index (χ2n) is 5.94. The molecule has 8 nitrogen and oxygen atoms in total. The van der Waals surface area contributed by atoms with Crippen molar-refractivity contribution >= 4 is 21.8 Å². The Balaban J connectivity index is 1.80. The van der Waals surface area contributed by atoms with Crippen molar-refractivity contribution in [2.24, 2.45) is 0 Å². The van der Waals surface area contributed by atoms with Gasteiger partial charge in [0.25, 0.3) is 0 Å². The summed E-state index contributed by atoms with van der Waals surface area (Å²) < 4.78 is 36.4. The minimum Gasteiger partial charge on any atom is -0.457 e. The maximum Gasteiger partial charge on any atom is 0.307 e. The van der Waals surface area contributed by atoms with Crippen LogP contribution in [0.2, 0.25) is 0 Å². The number of esters is 1. The molecule has 1 N–H and O–H groups in total. The largest absolute Gasteiger partial charge is 0.457 e. The van der Waals surface area contributed by atoms with Gasteiger partial charge < -0.3 is 9.26 Å².